The van der Waals surface area contributed by atoms with Gasteiger partial charge in [0.15, 0.2) is 0 Å². The molecule has 0 saturated carbocycles. The lowest BCUT2D eigenvalue weighted by molar-refractivity contribution is 0.267. The molecule has 4 heteroatoms. The fourth-order valence-corrected chi connectivity index (χ4v) is 1.09. The van der Waals surface area contributed by atoms with Crippen molar-refractivity contribution in [2.24, 2.45) is 16.3 Å². The molecule has 0 heterocycles. The summed E-state index contributed by atoms with van der Waals surface area (Å²) in [5.74, 6) is 0.270. The number of nitrogens with one attached hydrogen (secondary N) is 1. The van der Waals surface area contributed by atoms with E-state index in [1.165, 1.54) is 0 Å². The van der Waals surface area contributed by atoms with Crippen molar-refractivity contribution in [1.29, 1.82) is 0 Å². The fourth-order valence-electron chi connectivity index (χ4n) is 1.09. The van der Waals surface area contributed by atoms with Gasteiger partial charge in [0.1, 0.15) is 5.84 Å². The zero-order chi connectivity index (χ0) is 11.4. The van der Waals surface area contributed by atoms with Gasteiger partial charge in [-0.3, -0.25) is 0 Å². The van der Waals surface area contributed by atoms with Gasteiger partial charge in [0.05, 0.1) is 0 Å². The van der Waals surface area contributed by atoms with Crippen molar-refractivity contribution < 1.29 is 5.21 Å². The van der Waals surface area contributed by atoms with Crippen LogP contribution < -0.4 is 11.1 Å². The van der Waals surface area contributed by atoms with Crippen LogP contribution in [0.3, 0.4) is 0 Å². The second-order valence-electron chi connectivity index (χ2n) is 4.95. The standard InChI is InChI=1S/C10H23N3O/c1-7(6-9(11)13-14)12-8(2)10(3,4)5/h7-8,12,14H,6H2,1-5H3,(H2,11,13). The van der Waals surface area contributed by atoms with Gasteiger partial charge >= 0.3 is 0 Å². The molecular weight excluding hydrogens is 178 g/mol. The molecule has 0 aromatic carbocycles. The maximum absolute atomic E-state index is 8.41. The highest BCUT2D eigenvalue weighted by Gasteiger charge is 2.21. The molecule has 84 valence electrons. The average molecular weight is 201 g/mol. The number of amidine groups is 1. The number of rotatable bonds is 4. The van der Waals surface area contributed by atoms with Crippen molar-refractivity contribution in [2.45, 2.75) is 53.1 Å². The summed E-state index contributed by atoms with van der Waals surface area (Å²) in [5.41, 5.74) is 5.64. The van der Waals surface area contributed by atoms with Gasteiger partial charge in [0.2, 0.25) is 0 Å². The second kappa shape index (κ2) is 5.20. The van der Waals surface area contributed by atoms with Crippen LogP contribution in [-0.4, -0.2) is 23.1 Å². The zero-order valence-electron chi connectivity index (χ0n) is 9.83. The first-order valence-electron chi connectivity index (χ1n) is 4.99. The van der Waals surface area contributed by atoms with Crippen LogP contribution in [0.1, 0.15) is 41.0 Å². The van der Waals surface area contributed by atoms with E-state index in [4.69, 9.17) is 10.9 Å². The van der Waals surface area contributed by atoms with Crippen LogP contribution in [-0.2, 0) is 0 Å². The van der Waals surface area contributed by atoms with Crippen LogP contribution >= 0.6 is 0 Å². The van der Waals surface area contributed by atoms with E-state index < -0.39 is 0 Å². The summed E-state index contributed by atoms with van der Waals surface area (Å²) in [4.78, 5) is 0. The summed E-state index contributed by atoms with van der Waals surface area (Å²) in [6.45, 7) is 10.7. The van der Waals surface area contributed by atoms with E-state index in [1.54, 1.807) is 0 Å². The number of hydrogen-bond donors (Lipinski definition) is 3. The maximum atomic E-state index is 8.41. The highest BCUT2D eigenvalue weighted by atomic mass is 16.4. The lowest BCUT2D eigenvalue weighted by atomic mass is 9.87. The van der Waals surface area contributed by atoms with Gasteiger partial charge in [0, 0.05) is 18.5 Å². The summed E-state index contributed by atoms with van der Waals surface area (Å²) in [6, 6.07) is 0.615. The summed E-state index contributed by atoms with van der Waals surface area (Å²) < 4.78 is 0. The minimum Gasteiger partial charge on any atom is -0.409 e. The molecule has 0 aliphatic heterocycles. The van der Waals surface area contributed by atoms with Crippen molar-refractivity contribution in [3.63, 3.8) is 0 Å². The van der Waals surface area contributed by atoms with Gasteiger partial charge in [-0.1, -0.05) is 25.9 Å². The van der Waals surface area contributed by atoms with Gasteiger partial charge in [-0.25, -0.2) is 0 Å². The molecule has 0 fully saturated rings. The van der Waals surface area contributed by atoms with Crippen LogP contribution in [0.4, 0.5) is 0 Å². The molecule has 0 rings (SSSR count). The van der Waals surface area contributed by atoms with E-state index in [1.807, 2.05) is 6.92 Å². The molecule has 0 aliphatic rings. The molecule has 0 saturated heterocycles. The Bertz CT molecular complexity index is 196. The van der Waals surface area contributed by atoms with Crippen LogP contribution in [0.15, 0.2) is 5.16 Å². The lowest BCUT2D eigenvalue weighted by Gasteiger charge is -2.31. The first-order chi connectivity index (χ1) is 6.27. The van der Waals surface area contributed by atoms with Gasteiger partial charge in [-0.05, 0) is 19.3 Å². The summed E-state index contributed by atoms with van der Waals surface area (Å²) in [6.07, 6.45) is 0.566. The van der Waals surface area contributed by atoms with Crippen LogP contribution in [0.2, 0.25) is 0 Å². The normalized spacial score (nSPS) is 17.9. The molecule has 0 amide bonds. The highest BCUT2D eigenvalue weighted by molar-refractivity contribution is 5.80. The molecular formula is C10H23N3O. The Morgan fingerprint density at radius 2 is 1.93 bits per heavy atom. The van der Waals surface area contributed by atoms with Crippen molar-refractivity contribution >= 4 is 5.84 Å². The Balaban J connectivity index is 4.01. The summed E-state index contributed by atoms with van der Waals surface area (Å²) >= 11 is 0. The third-order valence-corrected chi connectivity index (χ3v) is 2.48. The Hall–Kier alpha value is -0.770. The number of oxime groups is 1. The molecule has 0 spiro atoms. The van der Waals surface area contributed by atoms with Crippen molar-refractivity contribution in [2.75, 3.05) is 0 Å². The average Bonchev–Trinajstić information content (AvgIpc) is 2.02. The topological polar surface area (TPSA) is 70.6 Å². The van der Waals surface area contributed by atoms with E-state index in [-0.39, 0.29) is 17.3 Å². The third kappa shape index (κ3) is 5.07. The Morgan fingerprint density at radius 1 is 1.43 bits per heavy atom. The minimum absolute atomic E-state index is 0.222. The predicted octanol–water partition coefficient (Wildman–Crippen LogP) is 1.54. The van der Waals surface area contributed by atoms with E-state index in [0.29, 0.717) is 12.5 Å². The van der Waals surface area contributed by atoms with Gasteiger partial charge < -0.3 is 16.3 Å². The molecule has 0 aromatic heterocycles. The Labute approximate surface area is 86.6 Å². The van der Waals surface area contributed by atoms with E-state index in [0.717, 1.165) is 0 Å². The quantitative estimate of drug-likeness (QED) is 0.279. The third-order valence-electron chi connectivity index (χ3n) is 2.48. The van der Waals surface area contributed by atoms with E-state index in [2.05, 4.69) is 38.2 Å². The SMILES string of the molecule is CC(CC(N)=NO)NC(C)C(C)(C)C. The largest absolute Gasteiger partial charge is 0.409 e. The number of nitrogens with two attached hydrogens (primary N) is 1. The first-order valence-corrected chi connectivity index (χ1v) is 4.99. The molecule has 0 radical (unpaired) electrons. The minimum atomic E-state index is 0.222. The molecule has 4 nitrogen and oxygen atoms in total. The van der Waals surface area contributed by atoms with Crippen LogP contribution in [0, 0.1) is 5.41 Å². The van der Waals surface area contributed by atoms with Gasteiger partial charge in [0.25, 0.3) is 0 Å². The monoisotopic (exact) mass is 201 g/mol. The van der Waals surface area contributed by atoms with Crippen molar-refractivity contribution in [3.05, 3.63) is 0 Å². The van der Waals surface area contributed by atoms with Crippen molar-refractivity contribution in [1.82, 2.24) is 5.32 Å². The van der Waals surface area contributed by atoms with Gasteiger partial charge in [-0.2, -0.15) is 0 Å². The highest BCUT2D eigenvalue weighted by Crippen LogP contribution is 2.19. The first kappa shape index (κ1) is 13.2. The van der Waals surface area contributed by atoms with E-state index in [9.17, 15) is 0 Å². The maximum Gasteiger partial charge on any atom is 0.140 e. The Kier molecular flexibility index (Phi) is 4.91. The van der Waals surface area contributed by atoms with Crippen LogP contribution in [0.25, 0.3) is 0 Å². The van der Waals surface area contributed by atoms with Crippen LogP contribution in [0.5, 0.6) is 0 Å². The molecule has 0 bridgehead atoms. The molecule has 2 unspecified atom stereocenters. The molecule has 14 heavy (non-hydrogen) atoms. The van der Waals surface area contributed by atoms with Crippen molar-refractivity contribution in [3.8, 4) is 0 Å². The van der Waals surface area contributed by atoms with Gasteiger partial charge in [-0.15, -0.1) is 0 Å². The smallest absolute Gasteiger partial charge is 0.140 e. The number of hydrogen-bond acceptors (Lipinski definition) is 3. The summed E-state index contributed by atoms with van der Waals surface area (Å²) in [5, 5.41) is 14.8. The predicted molar refractivity (Wildman–Crippen MR) is 59.5 cm³/mol. The molecule has 0 aliphatic carbocycles. The molecule has 2 atom stereocenters. The molecule has 4 N–H and O–H groups in total. The number of nitrogens with zero attached hydrogens (tertiary/aromatic N) is 1. The second-order valence-corrected chi connectivity index (χ2v) is 4.95. The fraction of sp³-hybridized carbons (Fsp3) is 0.900. The molecule has 0 aromatic rings. The Morgan fingerprint density at radius 3 is 2.29 bits per heavy atom. The summed E-state index contributed by atoms with van der Waals surface area (Å²) in [7, 11) is 0. The zero-order valence-corrected chi connectivity index (χ0v) is 9.83. The lowest BCUT2D eigenvalue weighted by Crippen LogP contribution is -2.44. The van der Waals surface area contributed by atoms with E-state index >= 15 is 0 Å².